The average Bonchev–Trinajstić information content (AvgIpc) is 3.25. The number of benzene rings is 2. The summed E-state index contributed by atoms with van der Waals surface area (Å²) in [5.74, 6) is -2.25. The molecule has 5 heterocycles. The first-order valence-corrected chi connectivity index (χ1v) is 19.8. The van der Waals surface area contributed by atoms with Crippen LogP contribution in [0.2, 0.25) is 0 Å². The molecular weight excluding hydrogens is 852 g/mol. The minimum atomic E-state index is -2.08. The third-order valence-corrected chi connectivity index (χ3v) is 11.3. The van der Waals surface area contributed by atoms with E-state index < -0.39 is 158 Å². The highest BCUT2D eigenvalue weighted by Crippen LogP contribution is 2.39. The average molecular weight is 903 g/mol. The Kier molecular flexibility index (Phi) is 14.1. The molecule has 0 bridgehead atoms. The summed E-state index contributed by atoms with van der Waals surface area (Å²) in [6.07, 6.45) is -33.8. The van der Waals surface area contributed by atoms with Crippen LogP contribution in [0.15, 0.2) is 45.6 Å². The van der Waals surface area contributed by atoms with Gasteiger partial charge in [-0.3, -0.25) is 4.79 Å². The molecule has 0 unspecified atom stereocenters. The van der Waals surface area contributed by atoms with Crippen molar-refractivity contribution in [2.24, 2.45) is 0 Å². The van der Waals surface area contributed by atoms with Crippen LogP contribution in [0, 0.1) is 0 Å². The van der Waals surface area contributed by atoms with Crippen LogP contribution in [0.1, 0.15) is 13.8 Å². The molecule has 1 aromatic heterocycles. The van der Waals surface area contributed by atoms with Gasteiger partial charge in [0.1, 0.15) is 114 Å². The topological polar surface area (TPSA) is 387 Å². The van der Waals surface area contributed by atoms with Crippen LogP contribution < -0.4 is 14.9 Å². The number of aliphatic hydroxyl groups excluding tert-OH is 12. The molecule has 2 aromatic carbocycles. The second-order valence-corrected chi connectivity index (χ2v) is 15.7. The van der Waals surface area contributed by atoms with Crippen LogP contribution in [0.5, 0.6) is 23.0 Å². The molecule has 3 aromatic rings. The maximum absolute atomic E-state index is 14.2. The van der Waals surface area contributed by atoms with Crippen molar-refractivity contribution in [3.63, 3.8) is 0 Å². The van der Waals surface area contributed by atoms with Gasteiger partial charge in [0.15, 0.2) is 18.3 Å². The molecule has 0 aliphatic carbocycles. The Morgan fingerprint density at radius 3 is 1.76 bits per heavy atom. The number of rotatable bonds is 11. The molecule has 4 saturated heterocycles. The highest BCUT2D eigenvalue weighted by molar-refractivity contribution is 5.88. The fourth-order valence-electron chi connectivity index (χ4n) is 7.55. The summed E-state index contributed by atoms with van der Waals surface area (Å²) in [7, 11) is 0. The van der Waals surface area contributed by atoms with E-state index in [4.69, 9.17) is 42.3 Å². The van der Waals surface area contributed by atoms with Gasteiger partial charge in [-0.1, -0.05) is 0 Å². The van der Waals surface area contributed by atoms with Crippen LogP contribution >= 0.6 is 0 Å². The van der Waals surface area contributed by atoms with Crippen molar-refractivity contribution >= 4 is 11.0 Å². The quantitative estimate of drug-likeness (QED) is 0.0856. The Morgan fingerprint density at radius 1 is 0.587 bits per heavy atom. The maximum Gasteiger partial charge on any atom is 0.239 e. The van der Waals surface area contributed by atoms with Crippen LogP contribution in [0.3, 0.4) is 0 Å². The van der Waals surface area contributed by atoms with E-state index >= 15 is 0 Å². The fraction of sp³-hybridized carbons (Fsp3) is 0.615. The lowest BCUT2D eigenvalue weighted by Crippen LogP contribution is -2.64. The van der Waals surface area contributed by atoms with Gasteiger partial charge in [-0.05, 0) is 38.1 Å². The highest BCUT2D eigenvalue weighted by Gasteiger charge is 2.52. The van der Waals surface area contributed by atoms with E-state index in [2.05, 4.69) is 0 Å². The van der Waals surface area contributed by atoms with Gasteiger partial charge in [-0.25, -0.2) is 0 Å². The number of ether oxygens (including phenoxy) is 8. The SMILES string of the molecule is C[C@@H]1O[C@@H](Oc2cc(O)c3c(=O)c(O[C@@H]4O[C@H](CO[C@@H]5O[C@@H](C)[C@H](O)[C@@H](O)[C@H]5O[C@@H]5O[C@H](CO)[C@@H](O)[C@H](O)[C@H]5O)[C@@H](O)[C@H](O)[C@H]4O)c(-c4ccc(O)cc4)oc3c2)[C@H](O)[C@H](O)[C@H]1O. The summed E-state index contributed by atoms with van der Waals surface area (Å²) in [5.41, 5.74) is -1.31. The minimum absolute atomic E-state index is 0.0881. The van der Waals surface area contributed by atoms with Crippen LogP contribution in [0.25, 0.3) is 22.3 Å². The van der Waals surface area contributed by atoms with Crippen molar-refractivity contribution in [3.05, 3.63) is 46.6 Å². The second-order valence-electron chi connectivity index (χ2n) is 15.7. The minimum Gasteiger partial charge on any atom is -0.508 e. The molecule has 0 amide bonds. The van der Waals surface area contributed by atoms with E-state index in [1.165, 1.54) is 38.1 Å². The molecule has 4 aliphatic rings. The van der Waals surface area contributed by atoms with Crippen LogP contribution in [-0.2, 0) is 28.4 Å². The zero-order chi connectivity index (χ0) is 45.8. The number of hydrogen-bond donors (Lipinski definition) is 14. The summed E-state index contributed by atoms with van der Waals surface area (Å²) in [6, 6.07) is 7.21. The van der Waals surface area contributed by atoms with Gasteiger partial charge >= 0.3 is 0 Å². The normalized spacial score (nSPS) is 41.0. The number of aliphatic hydroxyl groups is 12. The summed E-state index contributed by atoms with van der Waals surface area (Å²) < 4.78 is 51.4. The number of phenols is 2. The van der Waals surface area contributed by atoms with Crippen LogP contribution in [0.4, 0.5) is 0 Å². The van der Waals surface area contributed by atoms with Gasteiger partial charge in [0.2, 0.25) is 23.8 Å². The molecule has 350 valence electrons. The third kappa shape index (κ3) is 9.19. The predicted octanol–water partition coefficient (Wildman–Crippen LogP) is -5.07. The number of fused-ring (bicyclic) bond motifs is 1. The molecule has 24 heteroatoms. The van der Waals surface area contributed by atoms with E-state index in [-0.39, 0.29) is 28.4 Å². The fourth-order valence-corrected chi connectivity index (χ4v) is 7.55. The largest absolute Gasteiger partial charge is 0.508 e. The zero-order valence-corrected chi connectivity index (χ0v) is 33.3. The molecule has 4 aliphatic heterocycles. The van der Waals surface area contributed by atoms with Crippen molar-refractivity contribution in [2.75, 3.05) is 13.2 Å². The van der Waals surface area contributed by atoms with Crippen molar-refractivity contribution in [1.82, 2.24) is 0 Å². The van der Waals surface area contributed by atoms with Crippen molar-refractivity contribution in [2.45, 2.75) is 137 Å². The number of phenolic OH excluding ortho intramolecular Hbond substituents is 2. The van der Waals surface area contributed by atoms with E-state index in [1.54, 1.807) is 0 Å². The molecule has 7 rings (SSSR count). The van der Waals surface area contributed by atoms with Gasteiger partial charge in [0.05, 0.1) is 25.4 Å². The molecule has 0 radical (unpaired) electrons. The lowest BCUT2D eigenvalue weighted by molar-refractivity contribution is -0.369. The van der Waals surface area contributed by atoms with Crippen molar-refractivity contribution < 1.29 is 114 Å². The van der Waals surface area contributed by atoms with Gasteiger partial charge in [0.25, 0.3) is 0 Å². The van der Waals surface area contributed by atoms with Gasteiger partial charge in [0, 0.05) is 17.7 Å². The zero-order valence-electron chi connectivity index (χ0n) is 33.3. The summed E-state index contributed by atoms with van der Waals surface area (Å²) >= 11 is 0. The summed E-state index contributed by atoms with van der Waals surface area (Å²) in [6.45, 7) is 1.22. The molecule has 24 nitrogen and oxygen atoms in total. The Bertz CT molecular complexity index is 2080. The number of hydrogen-bond acceptors (Lipinski definition) is 24. The standard InChI is InChI=1S/C39H50O24/c1-11-21(43)26(48)30(52)36(56-11)58-15-7-16(42)20-17(8-15)59-33(13-3-5-14(41)6-4-13)34(25(20)47)62-38-32(54)28(50)24(46)19(61-38)10-55-39-35(29(51)22(44)12(2)57-39)63-37-31(53)27(49)23(45)18(9-40)60-37/h3-8,11-12,18-19,21-24,26-32,35-46,48-54H,9-10H2,1-2H3/t11-,12-,18+,19+,21-,22-,23+,24+,26+,27-,28-,29+,30+,31+,32+,35+,36-,37-,38-,39+/m0/s1. The Labute approximate surface area is 355 Å². The monoisotopic (exact) mass is 902 g/mol. The lowest BCUT2D eigenvalue weighted by atomic mass is 9.97. The van der Waals surface area contributed by atoms with Crippen molar-refractivity contribution in [1.29, 1.82) is 0 Å². The van der Waals surface area contributed by atoms with Crippen LogP contribution in [-0.4, -0.2) is 208 Å². The maximum atomic E-state index is 14.2. The Balaban J connectivity index is 1.15. The molecular formula is C39H50O24. The molecule has 0 spiro atoms. The summed E-state index contributed by atoms with van der Waals surface area (Å²) in [5, 5.41) is 146. The van der Waals surface area contributed by atoms with Crippen molar-refractivity contribution in [3.8, 4) is 34.3 Å². The molecule has 14 N–H and O–H groups in total. The van der Waals surface area contributed by atoms with Gasteiger partial charge in [-0.15, -0.1) is 0 Å². The first-order chi connectivity index (χ1) is 29.8. The van der Waals surface area contributed by atoms with E-state index in [0.29, 0.717) is 0 Å². The molecule has 20 atom stereocenters. The first kappa shape index (κ1) is 47.1. The second kappa shape index (κ2) is 18.9. The highest BCUT2D eigenvalue weighted by atomic mass is 16.8. The summed E-state index contributed by atoms with van der Waals surface area (Å²) in [4.78, 5) is 14.2. The van der Waals surface area contributed by atoms with E-state index in [1.807, 2.05) is 0 Å². The Morgan fingerprint density at radius 2 is 1.13 bits per heavy atom. The lowest BCUT2D eigenvalue weighted by Gasteiger charge is -2.46. The molecule has 0 saturated carbocycles. The molecule has 63 heavy (non-hydrogen) atoms. The van der Waals surface area contributed by atoms with E-state index in [9.17, 15) is 76.3 Å². The van der Waals surface area contributed by atoms with Gasteiger partial charge in [-0.2, -0.15) is 0 Å². The van der Waals surface area contributed by atoms with Gasteiger partial charge < -0.3 is 114 Å². The third-order valence-electron chi connectivity index (χ3n) is 11.3. The Hall–Kier alpha value is -3.87. The number of aromatic hydroxyl groups is 2. The molecule has 4 fully saturated rings. The predicted molar refractivity (Wildman–Crippen MR) is 202 cm³/mol. The first-order valence-electron chi connectivity index (χ1n) is 19.8. The van der Waals surface area contributed by atoms with E-state index in [0.717, 1.165) is 12.1 Å². The smallest absolute Gasteiger partial charge is 0.239 e.